The highest BCUT2D eigenvalue weighted by molar-refractivity contribution is 5.73. The molecule has 0 aliphatic carbocycles. The number of para-hydroxylation sites is 1. The van der Waals surface area contributed by atoms with Crippen LogP contribution in [-0.4, -0.2) is 29.9 Å². The average Bonchev–Trinajstić information content (AvgIpc) is 2.38. The maximum Gasteiger partial charge on any atom is 0.219 e. The number of benzene rings is 1. The molecule has 1 aliphatic rings. The molecule has 1 aromatic rings. The van der Waals surface area contributed by atoms with Gasteiger partial charge in [-0.05, 0) is 24.5 Å². The number of nitrogen functional groups attached to an aromatic ring is 1. The summed E-state index contributed by atoms with van der Waals surface area (Å²) >= 11 is 0. The number of nitrogens with zero attached hydrogens (tertiary/aromatic N) is 1. The standard InChI is InChI=1S/C14H21N3O/c1-11(18)17-8-6-13(7-9-17)16-10-12-4-2-3-5-14(12)15/h2-5,13,16H,6-10,15H2,1H3. The van der Waals surface area contributed by atoms with Gasteiger partial charge < -0.3 is 16.0 Å². The Bertz CT molecular complexity index is 411. The summed E-state index contributed by atoms with van der Waals surface area (Å²) in [4.78, 5) is 13.1. The van der Waals surface area contributed by atoms with Gasteiger partial charge in [0.25, 0.3) is 0 Å². The van der Waals surface area contributed by atoms with Crippen LogP contribution in [0.15, 0.2) is 24.3 Å². The molecule has 3 N–H and O–H groups in total. The number of hydrogen-bond acceptors (Lipinski definition) is 3. The molecule has 1 saturated heterocycles. The van der Waals surface area contributed by atoms with E-state index < -0.39 is 0 Å². The summed E-state index contributed by atoms with van der Waals surface area (Å²) < 4.78 is 0. The molecule has 1 fully saturated rings. The Morgan fingerprint density at radius 2 is 2.06 bits per heavy atom. The summed E-state index contributed by atoms with van der Waals surface area (Å²) in [5, 5.41) is 3.52. The summed E-state index contributed by atoms with van der Waals surface area (Å²) in [6, 6.07) is 8.42. The van der Waals surface area contributed by atoms with Gasteiger partial charge in [0.05, 0.1) is 0 Å². The van der Waals surface area contributed by atoms with Crippen LogP contribution in [0.2, 0.25) is 0 Å². The first-order valence-electron chi connectivity index (χ1n) is 6.49. The molecule has 1 aliphatic heterocycles. The van der Waals surface area contributed by atoms with E-state index in [9.17, 15) is 4.79 Å². The van der Waals surface area contributed by atoms with Crippen LogP contribution in [0.5, 0.6) is 0 Å². The largest absolute Gasteiger partial charge is 0.398 e. The van der Waals surface area contributed by atoms with Crippen LogP contribution in [0.4, 0.5) is 5.69 Å². The number of nitrogens with one attached hydrogen (secondary N) is 1. The van der Waals surface area contributed by atoms with Gasteiger partial charge >= 0.3 is 0 Å². The van der Waals surface area contributed by atoms with Crippen LogP contribution in [0.1, 0.15) is 25.3 Å². The minimum atomic E-state index is 0.181. The lowest BCUT2D eigenvalue weighted by Crippen LogP contribution is -2.44. The van der Waals surface area contributed by atoms with E-state index in [4.69, 9.17) is 5.73 Å². The number of carbonyl (C=O) groups excluding carboxylic acids is 1. The van der Waals surface area contributed by atoms with Crippen molar-refractivity contribution in [2.75, 3.05) is 18.8 Å². The molecule has 1 aromatic carbocycles. The predicted molar refractivity (Wildman–Crippen MR) is 73.0 cm³/mol. The Kier molecular flexibility index (Phi) is 4.20. The van der Waals surface area contributed by atoms with Crippen molar-refractivity contribution in [3.8, 4) is 0 Å². The molecule has 0 spiro atoms. The number of hydrogen-bond donors (Lipinski definition) is 2. The number of carbonyl (C=O) groups is 1. The number of piperidine rings is 1. The van der Waals surface area contributed by atoms with Gasteiger partial charge in [0.15, 0.2) is 0 Å². The van der Waals surface area contributed by atoms with Crippen molar-refractivity contribution in [2.45, 2.75) is 32.4 Å². The second-order valence-electron chi connectivity index (χ2n) is 4.86. The van der Waals surface area contributed by atoms with E-state index in [0.29, 0.717) is 6.04 Å². The number of anilines is 1. The highest BCUT2D eigenvalue weighted by Crippen LogP contribution is 2.14. The minimum Gasteiger partial charge on any atom is -0.398 e. The summed E-state index contributed by atoms with van der Waals surface area (Å²) in [6.07, 6.45) is 2.04. The molecule has 4 nitrogen and oxygen atoms in total. The van der Waals surface area contributed by atoms with Crippen molar-refractivity contribution < 1.29 is 4.79 Å². The van der Waals surface area contributed by atoms with E-state index in [1.807, 2.05) is 29.2 Å². The van der Waals surface area contributed by atoms with Gasteiger partial charge in [-0.15, -0.1) is 0 Å². The van der Waals surface area contributed by atoms with Crippen molar-refractivity contribution in [3.05, 3.63) is 29.8 Å². The summed E-state index contributed by atoms with van der Waals surface area (Å²) in [6.45, 7) is 4.16. The Balaban J connectivity index is 1.79. The molecule has 0 aromatic heterocycles. The lowest BCUT2D eigenvalue weighted by atomic mass is 10.0. The number of likely N-dealkylation sites (tertiary alicyclic amines) is 1. The Morgan fingerprint density at radius 1 is 1.39 bits per heavy atom. The molecule has 1 heterocycles. The molecular weight excluding hydrogens is 226 g/mol. The summed E-state index contributed by atoms with van der Waals surface area (Å²) in [7, 11) is 0. The Labute approximate surface area is 108 Å². The van der Waals surface area contributed by atoms with Gasteiger partial charge in [0, 0.05) is 38.3 Å². The molecule has 1 amide bonds. The maximum absolute atomic E-state index is 11.2. The van der Waals surface area contributed by atoms with Crippen LogP contribution < -0.4 is 11.1 Å². The second-order valence-corrected chi connectivity index (χ2v) is 4.86. The molecule has 0 atom stereocenters. The van der Waals surface area contributed by atoms with Crippen LogP contribution in [-0.2, 0) is 11.3 Å². The molecule has 0 unspecified atom stereocenters. The quantitative estimate of drug-likeness (QED) is 0.793. The first-order chi connectivity index (χ1) is 8.66. The van der Waals surface area contributed by atoms with Gasteiger partial charge in [0.1, 0.15) is 0 Å². The fraction of sp³-hybridized carbons (Fsp3) is 0.500. The lowest BCUT2D eigenvalue weighted by Gasteiger charge is -2.31. The molecule has 4 heteroatoms. The monoisotopic (exact) mass is 247 g/mol. The van der Waals surface area contributed by atoms with Gasteiger partial charge in [0.2, 0.25) is 5.91 Å². The summed E-state index contributed by atoms with van der Waals surface area (Å²) in [5.74, 6) is 0.181. The third kappa shape index (κ3) is 3.23. The Hall–Kier alpha value is -1.55. The molecule has 0 bridgehead atoms. The van der Waals surface area contributed by atoms with E-state index in [1.165, 1.54) is 0 Å². The van der Waals surface area contributed by atoms with Gasteiger partial charge in [-0.1, -0.05) is 18.2 Å². The smallest absolute Gasteiger partial charge is 0.219 e. The SMILES string of the molecule is CC(=O)N1CCC(NCc2ccccc2N)CC1. The fourth-order valence-corrected chi connectivity index (χ4v) is 2.35. The molecule has 98 valence electrons. The van der Waals surface area contributed by atoms with E-state index in [-0.39, 0.29) is 5.91 Å². The van der Waals surface area contributed by atoms with Crippen LogP contribution in [0, 0.1) is 0 Å². The van der Waals surface area contributed by atoms with E-state index in [1.54, 1.807) is 6.92 Å². The Morgan fingerprint density at radius 3 is 2.67 bits per heavy atom. The number of nitrogens with two attached hydrogens (primary N) is 1. The third-order valence-corrected chi connectivity index (χ3v) is 3.58. The predicted octanol–water partition coefficient (Wildman–Crippen LogP) is 1.37. The highest BCUT2D eigenvalue weighted by Gasteiger charge is 2.20. The zero-order chi connectivity index (χ0) is 13.0. The second kappa shape index (κ2) is 5.87. The topological polar surface area (TPSA) is 58.4 Å². The average molecular weight is 247 g/mol. The molecule has 0 radical (unpaired) electrons. The lowest BCUT2D eigenvalue weighted by molar-refractivity contribution is -0.129. The van der Waals surface area contributed by atoms with Gasteiger partial charge in [-0.2, -0.15) is 0 Å². The summed E-state index contributed by atoms with van der Waals surface area (Å²) in [5.41, 5.74) is 7.89. The van der Waals surface area contributed by atoms with Crippen molar-refractivity contribution >= 4 is 11.6 Å². The molecule has 0 saturated carbocycles. The van der Waals surface area contributed by atoms with Crippen molar-refractivity contribution in [3.63, 3.8) is 0 Å². The van der Waals surface area contributed by atoms with Crippen molar-refractivity contribution in [2.24, 2.45) is 0 Å². The minimum absolute atomic E-state index is 0.181. The first-order valence-corrected chi connectivity index (χ1v) is 6.49. The van der Waals surface area contributed by atoms with Crippen LogP contribution in [0.3, 0.4) is 0 Å². The van der Waals surface area contributed by atoms with E-state index in [2.05, 4.69) is 5.32 Å². The van der Waals surface area contributed by atoms with E-state index >= 15 is 0 Å². The number of rotatable bonds is 3. The van der Waals surface area contributed by atoms with Crippen LogP contribution in [0.25, 0.3) is 0 Å². The number of amides is 1. The van der Waals surface area contributed by atoms with E-state index in [0.717, 1.165) is 43.7 Å². The first kappa shape index (κ1) is 12.9. The van der Waals surface area contributed by atoms with Crippen LogP contribution >= 0.6 is 0 Å². The highest BCUT2D eigenvalue weighted by atomic mass is 16.2. The maximum atomic E-state index is 11.2. The van der Waals surface area contributed by atoms with Crippen molar-refractivity contribution in [1.29, 1.82) is 0 Å². The zero-order valence-corrected chi connectivity index (χ0v) is 10.9. The normalized spacial score (nSPS) is 16.8. The van der Waals surface area contributed by atoms with Gasteiger partial charge in [-0.3, -0.25) is 4.79 Å². The van der Waals surface area contributed by atoms with Crippen molar-refractivity contribution in [1.82, 2.24) is 10.2 Å². The third-order valence-electron chi connectivity index (χ3n) is 3.58. The van der Waals surface area contributed by atoms with Gasteiger partial charge in [-0.25, -0.2) is 0 Å². The fourth-order valence-electron chi connectivity index (χ4n) is 2.35. The molecular formula is C14H21N3O. The molecule has 2 rings (SSSR count). The molecule has 18 heavy (non-hydrogen) atoms. The zero-order valence-electron chi connectivity index (χ0n) is 10.9.